The Morgan fingerprint density at radius 1 is 1.09 bits per heavy atom. The molecule has 1 fully saturated rings. The van der Waals surface area contributed by atoms with Gasteiger partial charge in [-0.1, -0.05) is 51.1 Å². The third-order valence-electron chi connectivity index (χ3n) is 5.32. The molecule has 2 nitrogen and oxygen atoms in total. The highest BCUT2D eigenvalue weighted by Gasteiger charge is 2.55. The van der Waals surface area contributed by atoms with E-state index in [0.717, 1.165) is 0 Å². The first kappa shape index (κ1) is 15.6. The molecular formula is C20H30N2. The molecule has 2 aliphatic rings. The highest BCUT2D eigenvalue weighted by Crippen LogP contribution is 2.47. The van der Waals surface area contributed by atoms with Crippen LogP contribution in [0.4, 0.5) is 5.69 Å². The zero-order valence-electron chi connectivity index (χ0n) is 15.1. The van der Waals surface area contributed by atoms with Crippen molar-refractivity contribution in [2.75, 3.05) is 4.90 Å². The van der Waals surface area contributed by atoms with Gasteiger partial charge in [0.1, 0.15) is 0 Å². The maximum absolute atomic E-state index is 2.71. The predicted molar refractivity (Wildman–Crippen MR) is 95.2 cm³/mol. The van der Waals surface area contributed by atoms with E-state index in [1.165, 1.54) is 11.3 Å². The van der Waals surface area contributed by atoms with Crippen LogP contribution in [0.1, 0.15) is 47.1 Å². The Morgan fingerprint density at radius 2 is 1.73 bits per heavy atom. The first-order chi connectivity index (χ1) is 10.1. The van der Waals surface area contributed by atoms with E-state index in [1.54, 1.807) is 0 Å². The van der Waals surface area contributed by atoms with Crippen molar-refractivity contribution in [3.63, 3.8) is 0 Å². The van der Waals surface area contributed by atoms with Crippen molar-refractivity contribution in [1.29, 1.82) is 0 Å². The zero-order valence-corrected chi connectivity index (χ0v) is 15.1. The number of aryl methyl sites for hydroxylation is 1. The summed E-state index contributed by atoms with van der Waals surface area (Å²) in [5, 5.41) is 0. The van der Waals surface area contributed by atoms with Crippen LogP contribution in [0.2, 0.25) is 0 Å². The van der Waals surface area contributed by atoms with Gasteiger partial charge in [-0.15, -0.1) is 0 Å². The number of nitrogens with zero attached hydrogens (tertiary/aromatic N) is 2. The van der Waals surface area contributed by atoms with Crippen LogP contribution in [-0.4, -0.2) is 28.7 Å². The summed E-state index contributed by atoms with van der Waals surface area (Å²) in [4.78, 5) is 5.37. The van der Waals surface area contributed by atoms with E-state index in [0.29, 0.717) is 18.2 Å². The minimum absolute atomic E-state index is 0.119. The van der Waals surface area contributed by atoms with Gasteiger partial charge in [0, 0.05) is 17.3 Å². The third-order valence-corrected chi connectivity index (χ3v) is 5.32. The normalized spacial score (nSPS) is 30.9. The molecule has 1 saturated heterocycles. The Bertz CT molecular complexity index is 594. The number of benzene rings is 1. The SMILES string of the molecule is Cc1ccccc1N1C(C(C)(C)C)N2C(C=CC2(C)C)[C@@H]1C. The Morgan fingerprint density at radius 3 is 2.32 bits per heavy atom. The summed E-state index contributed by atoms with van der Waals surface area (Å²) in [6.45, 7) is 16.4. The highest BCUT2D eigenvalue weighted by atomic mass is 15.5. The topological polar surface area (TPSA) is 6.48 Å². The van der Waals surface area contributed by atoms with Crippen molar-refractivity contribution >= 4 is 5.69 Å². The summed E-state index contributed by atoms with van der Waals surface area (Å²) in [7, 11) is 0. The lowest BCUT2D eigenvalue weighted by molar-refractivity contribution is 0.0671. The number of para-hydroxylation sites is 1. The molecule has 0 bridgehead atoms. The van der Waals surface area contributed by atoms with E-state index in [-0.39, 0.29) is 11.0 Å². The van der Waals surface area contributed by atoms with Crippen molar-refractivity contribution in [2.45, 2.75) is 72.3 Å². The molecule has 0 saturated carbocycles. The van der Waals surface area contributed by atoms with E-state index in [2.05, 4.69) is 94.7 Å². The number of rotatable bonds is 1. The van der Waals surface area contributed by atoms with Gasteiger partial charge in [-0.05, 0) is 44.7 Å². The molecule has 2 unspecified atom stereocenters. The molecule has 3 rings (SSSR count). The largest absolute Gasteiger partial charge is 0.350 e. The van der Waals surface area contributed by atoms with Crippen LogP contribution in [0.3, 0.4) is 0 Å². The van der Waals surface area contributed by atoms with Gasteiger partial charge in [0.25, 0.3) is 0 Å². The summed E-state index contributed by atoms with van der Waals surface area (Å²) in [6.07, 6.45) is 5.21. The Kier molecular flexibility index (Phi) is 3.45. The maximum atomic E-state index is 2.71. The fourth-order valence-corrected chi connectivity index (χ4v) is 4.33. The van der Waals surface area contributed by atoms with Gasteiger partial charge >= 0.3 is 0 Å². The zero-order chi connectivity index (χ0) is 16.3. The molecule has 0 spiro atoms. The summed E-state index contributed by atoms with van der Waals surface area (Å²) in [5.74, 6) is 0. The van der Waals surface area contributed by atoms with Crippen molar-refractivity contribution in [1.82, 2.24) is 4.90 Å². The molecule has 0 radical (unpaired) electrons. The van der Waals surface area contributed by atoms with Crippen LogP contribution in [0, 0.1) is 12.3 Å². The fourth-order valence-electron chi connectivity index (χ4n) is 4.33. The number of fused-ring (bicyclic) bond motifs is 1. The maximum Gasteiger partial charge on any atom is 0.0885 e. The average molecular weight is 298 g/mol. The molecule has 1 aromatic carbocycles. The van der Waals surface area contributed by atoms with Crippen molar-refractivity contribution < 1.29 is 0 Å². The van der Waals surface area contributed by atoms with Gasteiger partial charge in [0.15, 0.2) is 0 Å². The molecule has 0 N–H and O–H groups in total. The first-order valence-corrected chi connectivity index (χ1v) is 8.46. The molecule has 3 atom stereocenters. The van der Waals surface area contributed by atoms with Gasteiger partial charge in [-0.25, -0.2) is 0 Å². The molecule has 2 heterocycles. The van der Waals surface area contributed by atoms with Gasteiger partial charge in [-0.2, -0.15) is 0 Å². The van der Waals surface area contributed by atoms with Gasteiger partial charge in [0.2, 0.25) is 0 Å². The van der Waals surface area contributed by atoms with Crippen molar-refractivity contribution in [3.05, 3.63) is 42.0 Å². The molecule has 0 amide bonds. The van der Waals surface area contributed by atoms with E-state index in [9.17, 15) is 0 Å². The second-order valence-corrected chi connectivity index (χ2v) is 8.58. The number of hydrogen-bond donors (Lipinski definition) is 0. The van der Waals surface area contributed by atoms with Crippen molar-refractivity contribution in [2.24, 2.45) is 5.41 Å². The lowest BCUT2D eigenvalue weighted by atomic mass is 9.88. The van der Waals surface area contributed by atoms with Crippen LogP contribution in [-0.2, 0) is 0 Å². The lowest BCUT2D eigenvalue weighted by Gasteiger charge is -2.46. The minimum atomic E-state index is 0.119. The number of hydrogen-bond acceptors (Lipinski definition) is 2. The molecular weight excluding hydrogens is 268 g/mol. The standard InChI is InChI=1S/C20H30N2/c1-14-10-8-9-11-16(14)21-15(2)17-12-13-20(6,7)22(17)18(21)19(3,4)5/h8-13,15,17-18H,1-7H3/t15-,17?,18?/m0/s1. The van der Waals surface area contributed by atoms with E-state index < -0.39 is 0 Å². The molecule has 0 aromatic heterocycles. The second-order valence-electron chi connectivity index (χ2n) is 8.58. The summed E-state index contributed by atoms with van der Waals surface area (Å²) >= 11 is 0. The average Bonchev–Trinajstić information content (AvgIpc) is 2.87. The van der Waals surface area contributed by atoms with E-state index >= 15 is 0 Å². The van der Waals surface area contributed by atoms with Crippen molar-refractivity contribution in [3.8, 4) is 0 Å². The fraction of sp³-hybridized carbons (Fsp3) is 0.600. The van der Waals surface area contributed by atoms with E-state index in [1.807, 2.05) is 0 Å². The van der Waals surface area contributed by atoms with Crippen LogP contribution in [0.15, 0.2) is 36.4 Å². The first-order valence-electron chi connectivity index (χ1n) is 8.46. The quantitative estimate of drug-likeness (QED) is 0.699. The Labute approximate surface area is 135 Å². The highest BCUT2D eigenvalue weighted by molar-refractivity contribution is 5.57. The van der Waals surface area contributed by atoms with Crippen LogP contribution in [0.25, 0.3) is 0 Å². The van der Waals surface area contributed by atoms with Gasteiger partial charge in [-0.3, -0.25) is 4.90 Å². The molecule has 22 heavy (non-hydrogen) atoms. The minimum Gasteiger partial charge on any atom is -0.350 e. The van der Waals surface area contributed by atoms with Crippen LogP contribution in [0.5, 0.6) is 0 Å². The molecule has 0 aliphatic carbocycles. The predicted octanol–water partition coefficient (Wildman–Crippen LogP) is 4.59. The van der Waals surface area contributed by atoms with Gasteiger partial charge in [0.05, 0.1) is 12.2 Å². The summed E-state index contributed by atoms with van der Waals surface area (Å²) in [6, 6.07) is 9.80. The monoisotopic (exact) mass is 298 g/mol. The Hall–Kier alpha value is -1.28. The molecule has 2 heteroatoms. The number of anilines is 1. The van der Waals surface area contributed by atoms with Crippen LogP contribution < -0.4 is 4.90 Å². The lowest BCUT2D eigenvalue weighted by Crippen LogP contribution is -2.55. The van der Waals surface area contributed by atoms with Crippen LogP contribution >= 0.6 is 0 Å². The molecule has 2 aliphatic heterocycles. The summed E-state index contributed by atoms with van der Waals surface area (Å²) < 4.78 is 0. The molecule has 120 valence electrons. The smallest absolute Gasteiger partial charge is 0.0885 e. The Balaban J connectivity index is 2.13. The summed E-state index contributed by atoms with van der Waals surface area (Å²) in [5.41, 5.74) is 3.06. The van der Waals surface area contributed by atoms with E-state index in [4.69, 9.17) is 0 Å². The second kappa shape index (κ2) is 4.86. The third kappa shape index (κ3) is 2.20. The van der Waals surface area contributed by atoms with Gasteiger partial charge < -0.3 is 4.90 Å². The molecule has 1 aromatic rings.